The van der Waals surface area contributed by atoms with E-state index in [4.69, 9.17) is 0 Å². The van der Waals surface area contributed by atoms with Gasteiger partial charge in [0, 0.05) is 12.6 Å². The molecule has 0 unspecified atom stereocenters. The number of carbonyl (C=O) groups excluding carboxylic acids is 2. The topological polar surface area (TPSA) is 86.8 Å². The molecule has 0 radical (unpaired) electrons. The van der Waals surface area contributed by atoms with Crippen LogP contribution in [-0.2, 0) is 26.2 Å². The van der Waals surface area contributed by atoms with Gasteiger partial charge in [-0.1, -0.05) is 44.0 Å². The van der Waals surface area contributed by atoms with Gasteiger partial charge in [0.05, 0.1) is 11.9 Å². The monoisotopic (exact) mass is 517 g/mol. The number of rotatable bonds is 10. The zero-order valence-electron chi connectivity index (χ0n) is 21.5. The van der Waals surface area contributed by atoms with Gasteiger partial charge in [-0.05, 0) is 68.0 Å². The number of carbonyl (C=O) groups is 2. The molecule has 0 heterocycles. The first kappa shape index (κ1) is 27.6. The first-order valence-electron chi connectivity index (χ1n) is 12.4. The van der Waals surface area contributed by atoms with Gasteiger partial charge in [0.2, 0.25) is 21.8 Å². The van der Waals surface area contributed by atoms with Crippen LogP contribution < -0.4 is 9.62 Å². The van der Waals surface area contributed by atoms with Gasteiger partial charge in [0.25, 0.3) is 0 Å². The van der Waals surface area contributed by atoms with Crippen molar-refractivity contribution in [2.75, 3.05) is 17.1 Å². The maximum Gasteiger partial charge on any atom is 0.244 e. The fourth-order valence-corrected chi connectivity index (χ4v) is 5.57. The highest BCUT2D eigenvalue weighted by Crippen LogP contribution is 2.26. The van der Waals surface area contributed by atoms with Crippen LogP contribution in [0.3, 0.4) is 0 Å². The zero-order valence-corrected chi connectivity index (χ0v) is 22.3. The van der Waals surface area contributed by atoms with Crippen LogP contribution in [0.25, 0.3) is 0 Å². The highest BCUT2D eigenvalue weighted by atomic mass is 32.2. The fourth-order valence-electron chi connectivity index (χ4n) is 4.67. The molecule has 9 heteroatoms. The summed E-state index contributed by atoms with van der Waals surface area (Å²) in [5.41, 5.74) is 2.73. The van der Waals surface area contributed by atoms with E-state index in [1.54, 1.807) is 24.3 Å². The van der Waals surface area contributed by atoms with Gasteiger partial charge < -0.3 is 10.2 Å². The van der Waals surface area contributed by atoms with E-state index in [2.05, 4.69) is 5.32 Å². The fraction of sp³-hybridized carbons (Fsp3) is 0.481. The molecule has 1 saturated carbocycles. The van der Waals surface area contributed by atoms with Crippen LogP contribution >= 0.6 is 0 Å². The molecule has 1 atom stereocenters. The van der Waals surface area contributed by atoms with E-state index < -0.39 is 34.3 Å². The summed E-state index contributed by atoms with van der Waals surface area (Å²) in [6.45, 7) is 5.12. The number of nitrogens with zero attached hydrogens (tertiary/aromatic N) is 2. The van der Waals surface area contributed by atoms with Gasteiger partial charge in [-0.3, -0.25) is 13.9 Å². The Morgan fingerprint density at radius 3 is 2.31 bits per heavy atom. The lowest BCUT2D eigenvalue weighted by Crippen LogP contribution is -2.53. The third-order valence-electron chi connectivity index (χ3n) is 6.88. The van der Waals surface area contributed by atoms with Crippen LogP contribution in [0.15, 0.2) is 42.5 Å². The minimum absolute atomic E-state index is 0.0557. The summed E-state index contributed by atoms with van der Waals surface area (Å²) in [4.78, 5) is 28.4. The van der Waals surface area contributed by atoms with Gasteiger partial charge in [-0.2, -0.15) is 0 Å². The Kier molecular flexibility index (Phi) is 9.11. The molecule has 0 spiro atoms. The Labute approximate surface area is 213 Å². The molecule has 1 fully saturated rings. The summed E-state index contributed by atoms with van der Waals surface area (Å²) in [5.74, 6) is -1.16. The molecule has 1 N–H and O–H groups in total. The average molecular weight is 518 g/mol. The van der Waals surface area contributed by atoms with Gasteiger partial charge in [-0.15, -0.1) is 0 Å². The quantitative estimate of drug-likeness (QED) is 0.515. The smallest absolute Gasteiger partial charge is 0.244 e. The largest absolute Gasteiger partial charge is 0.352 e. The van der Waals surface area contributed by atoms with Crippen molar-refractivity contribution in [3.05, 3.63) is 65.0 Å². The zero-order chi connectivity index (χ0) is 26.5. The lowest BCUT2D eigenvalue weighted by Gasteiger charge is -2.33. The number of hydrogen-bond acceptors (Lipinski definition) is 4. The molecule has 2 amide bonds. The molecule has 0 aliphatic heterocycles. The number of halogens is 1. The number of nitrogens with one attached hydrogen (secondary N) is 1. The van der Waals surface area contributed by atoms with Crippen LogP contribution in [0.4, 0.5) is 10.1 Å². The number of aryl methyl sites for hydroxylation is 1. The van der Waals surface area contributed by atoms with Crippen molar-refractivity contribution in [3.8, 4) is 0 Å². The molecular weight excluding hydrogens is 481 g/mol. The molecular formula is C27H36FN3O4S. The molecule has 196 valence electrons. The molecule has 36 heavy (non-hydrogen) atoms. The van der Waals surface area contributed by atoms with E-state index in [0.29, 0.717) is 17.7 Å². The Morgan fingerprint density at radius 2 is 1.72 bits per heavy atom. The van der Waals surface area contributed by atoms with E-state index >= 15 is 0 Å². The number of benzene rings is 2. The predicted molar refractivity (Wildman–Crippen MR) is 140 cm³/mol. The second-order valence-electron chi connectivity index (χ2n) is 9.55. The summed E-state index contributed by atoms with van der Waals surface area (Å²) in [6.07, 6.45) is 5.34. The molecule has 0 aromatic heterocycles. The maximum atomic E-state index is 13.7. The molecule has 0 saturated heterocycles. The second-order valence-corrected chi connectivity index (χ2v) is 11.5. The van der Waals surface area contributed by atoms with Gasteiger partial charge in [-0.25, -0.2) is 12.8 Å². The van der Waals surface area contributed by atoms with Crippen molar-refractivity contribution < 1.29 is 22.4 Å². The second kappa shape index (κ2) is 11.9. The summed E-state index contributed by atoms with van der Waals surface area (Å²) in [5, 5.41) is 3.07. The Bertz CT molecular complexity index is 1180. The van der Waals surface area contributed by atoms with Gasteiger partial charge in [0.15, 0.2) is 0 Å². The van der Waals surface area contributed by atoms with Crippen molar-refractivity contribution in [1.29, 1.82) is 0 Å². The third kappa shape index (κ3) is 6.84. The highest BCUT2D eigenvalue weighted by molar-refractivity contribution is 7.92. The van der Waals surface area contributed by atoms with Crippen LogP contribution in [-0.4, -0.2) is 50.0 Å². The molecule has 1 aliphatic carbocycles. The van der Waals surface area contributed by atoms with Crippen molar-refractivity contribution in [3.63, 3.8) is 0 Å². The minimum Gasteiger partial charge on any atom is -0.352 e. The van der Waals surface area contributed by atoms with Crippen LogP contribution in [0, 0.1) is 19.7 Å². The summed E-state index contributed by atoms with van der Waals surface area (Å²) < 4.78 is 40.2. The normalized spacial score (nSPS) is 14.9. The van der Waals surface area contributed by atoms with Gasteiger partial charge >= 0.3 is 0 Å². The van der Waals surface area contributed by atoms with Crippen molar-refractivity contribution in [2.24, 2.45) is 0 Å². The van der Waals surface area contributed by atoms with Crippen LogP contribution in [0.5, 0.6) is 0 Å². The number of sulfonamides is 1. The Morgan fingerprint density at radius 1 is 1.08 bits per heavy atom. The van der Waals surface area contributed by atoms with E-state index in [9.17, 15) is 22.4 Å². The van der Waals surface area contributed by atoms with E-state index in [-0.39, 0.29) is 18.5 Å². The molecule has 2 aromatic carbocycles. The lowest BCUT2D eigenvalue weighted by molar-refractivity contribution is -0.140. The predicted octanol–water partition coefficient (Wildman–Crippen LogP) is 4.07. The first-order chi connectivity index (χ1) is 17.0. The lowest BCUT2D eigenvalue weighted by atomic mass is 10.1. The molecule has 0 bridgehead atoms. The minimum atomic E-state index is -3.80. The van der Waals surface area contributed by atoms with Crippen molar-refractivity contribution in [1.82, 2.24) is 10.2 Å². The van der Waals surface area contributed by atoms with E-state index in [1.165, 1.54) is 17.0 Å². The maximum absolute atomic E-state index is 13.7. The SMILES string of the molecule is CC[C@H](C(=O)NC1CCCC1)N(Cc1ccc(F)cc1)C(=O)CN(c1cccc(C)c1C)S(C)(=O)=O. The first-order valence-corrected chi connectivity index (χ1v) is 14.2. The third-order valence-corrected chi connectivity index (χ3v) is 8.00. The summed E-state index contributed by atoms with van der Waals surface area (Å²) in [6, 6.07) is 10.3. The van der Waals surface area contributed by atoms with Crippen molar-refractivity contribution >= 4 is 27.5 Å². The molecule has 2 aromatic rings. The number of amides is 2. The highest BCUT2D eigenvalue weighted by Gasteiger charge is 2.33. The van der Waals surface area contributed by atoms with Crippen LogP contribution in [0.2, 0.25) is 0 Å². The number of hydrogen-bond donors (Lipinski definition) is 1. The standard InChI is InChI=1S/C27H36FN3O4S/c1-5-24(27(33)29-23-10-6-7-11-23)30(17-21-13-15-22(28)16-14-21)26(32)18-31(36(4,34)35)25-12-8-9-19(2)20(25)3/h8-9,12-16,23-24H,5-7,10-11,17-18H2,1-4H3,(H,29,33)/t24-/m1/s1. The molecule has 3 rings (SSSR count). The average Bonchev–Trinajstić information content (AvgIpc) is 3.33. The van der Waals surface area contributed by atoms with Gasteiger partial charge in [0.1, 0.15) is 18.4 Å². The number of anilines is 1. The van der Waals surface area contributed by atoms with E-state index in [1.807, 2.05) is 26.8 Å². The van der Waals surface area contributed by atoms with E-state index in [0.717, 1.165) is 47.4 Å². The molecule has 7 nitrogen and oxygen atoms in total. The Balaban J connectivity index is 1.94. The van der Waals surface area contributed by atoms with Crippen LogP contribution in [0.1, 0.15) is 55.7 Å². The van der Waals surface area contributed by atoms with Crippen molar-refractivity contribution in [2.45, 2.75) is 71.5 Å². The molecule has 1 aliphatic rings. The summed E-state index contributed by atoms with van der Waals surface area (Å²) >= 11 is 0. The summed E-state index contributed by atoms with van der Waals surface area (Å²) in [7, 11) is -3.80. The Hall–Kier alpha value is -2.94.